The summed E-state index contributed by atoms with van der Waals surface area (Å²) in [5.74, 6) is -1.06. The van der Waals surface area contributed by atoms with Crippen LogP contribution < -0.4 is 5.32 Å². The Kier molecular flexibility index (Phi) is 4.86. The van der Waals surface area contributed by atoms with E-state index in [-0.39, 0.29) is 11.7 Å². The van der Waals surface area contributed by atoms with E-state index < -0.39 is 5.97 Å². The molecular formula is C13H15BrN4O2. The Bertz CT molecular complexity index is 600. The molecule has 20 heavy (non-hydrogen) atoms. The summed E-state index contributed by atoms with van der Waals surface area (Å²) in [5.41, 5.74) is 1.15. The van der Waals surface area contributed by atoms with Crippen LogP contribution in [0.2, 0.25) is 0 Å². The Morgan fingerprint density at radius 3 is 3.00 bits per heavy atom. The van der Waals surface area contributed by atoms with Crippen molar-refractivity contribution in [2.24, 2.45) is 0 Å². The van der Waals surface area contributed by atoms with Crippen LogP contribution in [0.4, 0.5) is 0 Å². The number of halogens is 1. The van der Waals surface area contributed by atoms with Gasteiger partial charge in [0.25, 0.3) is 0 Å². The van der Waals surface area contributed by atoms with Crippen LogP contribution in [0.5, 0.6) is 0 Å². The van der Waals surface area contributed by atoms with E-state index in [2.05, 4.69) is 50.6 Å². The van der Waals surface area contributed by atoms with E-state index in [1.54, 1.807) is 0 Å². The Labute approximate surface area is 124 Å². The molecule has 2 aromatic rings. The van der Waals surface area contributed by atoms with Crippen molar-refractivity contribution in [2.45, 2.75) is 19.5 Å². The average molecular weight is 339 g/mol. The maximum Gasteiger partial charge on any atom is 0.358 e. The summed E-state index contributed by atoms with van der Waals surface area (Å²) in [6.45, 7) is 3.32. The van der Waals surface area contributed by atoms with Gasteiger partial charge in [0.05, 0.1) is 12.7 Å². The van der Waals surface area contributed by atoms with Gasteiger partial charge in [0, 0.05) is 17.1 Å². The normalized spacial score (nSPS) is 12.3. The number of rotatable bonds is 6. The molecule has 0 amide bonds. The first kappa shape index (κ1) is 14.7. The summed E-state index contributed by atoms with van der Waals surface area (Å²) < 4.78 is 2.57. The van der Waals surface area contributed by atoms with Crippen LogP contribution in [0, 0.1) is 0 Å². The minimum Gasteiger partial charge on any atom is -0.476 e. The van der Waals surface area contributed by atoms with Crippen molar-refractivity contribution in [3.63, 3.8) is 0 Å². The average Bonchev–Trinajstić information content (AvgIpc) is 2.87. The fourth-order valence-corrected chi connectivity index (χ4v) is 2.21. The molecule has 0 saturated carbocycles. The molecule has 6 nitrogen and oxygen atoms in total. The zero-order valence-electron chi connectivity index (χ0n) is 11.0. The van der Waals surface area contributed by atoms with Gasteiger partial charge in [-0.25, -0.2) is 4.79 Å². The zero-order chi connectivity index (χ0) is 14.5. The number of aromatic carboxylic acids is 1. The quantitative estimate of drug-likeness (QED) is 0.842. The molecule has 0 radical (unpaired) electrons. The van der Waals surface area contributed by atoms with Crippen LogP contribution in [0.3, 0.4) is 0 Å². The molecule has 2 N–H and O–H groups in total. The van der Waals surface area contributed by atoms with Gasteiger partial charge in [-0.1, -0.05) is 33.3 Å². The lowest BCUT2D eigenvalue weighted by molar-refractivity contribution is 0.0690. The number of carbonyl (C=O) groups is 1. The smallest absolute Gasteiger partial charge is 0.358 e. The number of hydrogen-bond acceptors (Lipinski definition) is 4. The molecular weight excluding hydrogens is 324 g/mol. The summed E-state index contributed by atoms with van der Waals surface area (Å²) in [4.78, 5) is 10.7. The summed E-state index contributed by atoms with van der Waals surface area (Å²) in [7, 11) is 0. The van der Waals surface area contributed by atoms with Gasteiger partial charge in [-0.3, -0.25) is 4.68 Å². The molecule has 1 atom stereocenters. The summed E-state index contributed by atoms with van der Waals surface area (Å²) in [5, 5.41) is 19.4. The lowest BCUT2D eigenvalue weighted by Crippen LogP contribution is -2.23. The zero-order valence-corrected chi connectivity index (χ0v) is 12.5. The van der Waals surface area contributed by atoms with E-state index in [4.69, 9.17) is 5.11 Å². The number of carboxylic acid groups (broad SMARTS) is 1. The molecule has 1 heterocycles. The first-order valence-corrected chi connectivity index (χ1v) is 6.98. The molecule has 0 unspecified atom stereocenters. The molecule has 0 aliphatic rings. The second-order valence-corrected chi connectivity index (χ2v) is 5.32. The summed E-state index contributed by atoms with van der Waals surface area (Å²) >= 11 is 3.45. The standard InChI is InChI=1S/C13H15BrN4O2/c1-9(10-3-2-4-11(14)7-10)15-5-6-18-8-12(13(19)20)16-17-18/h2-4,7-9,15H,5-6H2,1H3,(H,19,20)/t9-/m1/s1. The fraction of sp³-hybridized carbons (Fsp3) is 0.308. The Morgan fingerprint density at radius 1 is 1.55 bits per heavy atom. The lowest BCUT2D eigenvalue weighted by Gasteiger charge is -2.14. The highest BCUT2D eigenvalue weighted by molar-refractivity contribution is 9.10. The van der Waals surface area contributed by atoms with Crippen molar-refractivity contribution in [3.05, 3.63) is 46.2 Å². The fourth-order valence-electron chi connectivity index (χ4n) is 1.80. The van der Waals surface area contributed by atoms with E-state index in [0.29, 0.717) is 13.1 Å². The van der Waals surface area contributed by atoms with Crippen molar-refractivity contribution in [2.75, 3.05) is 6.54 Å². The first-order chi connectivity index (χ1) is 9.56. The minimum atomic E-state index is -1.06. The Morgan fingerprint density at radius 2 is 2.35 bits per heavy atom. The molecule has 0 aliphatic heterocycles. The monoisotopic (exact) mass is 338 g/mol. The number of hydrogen-bond donors (Lipinski definition) is 2. The van der Waals surface area contributed by atoms with Crippen LogP contribution >= 0.6 is 15.9 Å². The third kappa shape index (κ3) is 3.88. The summed E-state index contributed by atoms with van der Waals surface area (Å²) in [6, 6.07) is 8.30. The van der Waals surface area contributed by atoms with Gasteiger partial charge < -0.3 is 10.4 Å². The number of nitrogens with one attached hydrogen (secondary N) is 1. The predicted molar refractivity (Wildman–Crippen MR) is 77.5 cm³/mol. The molecule has 0 aliphatic carbocycles. The summed E-state index contributed by atoms with van der Waals surface area (Å²) in [6.07, 6.45) is 1.42. The lowest BCUT2D eigenvalue weighted by atomic mass is 10.1. The van der Waals surface area contributed by atoms with E-state index in [1.807, 2.05) is 12.1 Å². The molecule has 2 rings (SSSR count). The first-order valence-electron chi connectivity index (χ1n) is 6.18. The van der Waals surface area contributed by atoms with Crippen molar-refractivity contribution in [1.29, 1.82) is 0 Å². The van der Waals surface area contributed by atoms with Crippen molar-refractivity contribution in [3.8, 4) is 0 Å². The van der Waals surface area contributed by atoms with Gasteiger partial charge in [-0.05, 0) is 24.6 Å². The highest BCUT2D eigenvalue weighted by atomic mass is 79.9. The van der Waals surface area contributed by atoms with Gasteiger partial charge in [-0.2, -0.15) is 0 Å². The number of aromatic nitrogens is 3. The van der Waals surface area contributed by atoms with Gasteiger partial charge in [0.15, 0.2) is 5.69 Å². The SMILES string of the molecule is C[C@@H](NCCn1cc(C(=O)O)nn1)c1cccc(Br)c1. The number of carboxylic acids is 1. The maximum absolute atomic E-state index is 10.7. The minimum absolute atomic E-state index is 0.0370. The van der Waals surface area contributed by atoms with Crippen LogP contribution in [-0.2, 0) is 6.54 Å². The van der Waals surface area contributed by atoms with Crippen molar-refractivity contribution < 1.29 is 9.90 Å². The largest absolute Gasteiger partial charge is 0.476 e. The van der Waals surface area contributed by atoms with Crippen LogP contribution in [0.1, 0.15) is 29.0 Å². The topological polar surface area (TPSA) is 80.0 Å². The van der Waals surface area contributed by atoms with Gasteiger partial charge >= 0.3 is 5.97 Å². The molecule has 0 fully saturated rings. The molecule has 106 valence electrons. The van der Waals surface area contributed by atoms with Gasteiger partial charge in [0.2, 0.25) is 0 Å². The maximum atomic E-state index is 10.7. The third-order valence-electron chi connectivity index (χ3n) is 2.90. The Hall–Kier alpha value is -1.73. The van der Waals surface area contributed by atoms with Gasteiger partial charge in [0.1, 0.15) is 0 Å². The Balaban J connectivity index is 1.84. The van der Waals surface area contributed by atoms with Crippen LogP contribution in [0.15, 0.2) is 34.9 Å². The van der Waals surface area contributed by atoms with Gasteiger partial charge in [-0.15, -0.1) is 5.10 Å². The second-order valence-electron chi connectivity index (χ2n) is 4.40. The highest BCUT2D eigenvalue weighted by Gasteiger charge is 2.08. The molecule has 1 aromatic heterocycles. The number of nitrogens with zero attached hydrogens (tertiary/aromatic N) is 3. The molecule has 0 saturated heterocycles. The van der Waals surface area contributed by atoms with Crippen molar-refractivity contribution >= 4 is 21.9 Å². The van der Waals surface area contributed by atoms with Crippen molar-refractivity contribution in [1.82, 2.24) is 20.3 Å². The van der Waals surface area contributed by atoms with Crippen LogP contribution in [0.25, 0.3) is 0 Å². The van der Waals surface area contributed by atoms with E-state index in [9.17, 15) is 4.79 Å². The predicted octanol–water partition coefficient (Wildman–Crippen LogP) is 2.09. The highest BCUT2D eigenvalue weighted by Crippen LogP contribution is 2.17. The van der Waals surface area contributed by atoms with E-state index in [0.717, 1.165) is 4.47 Å². The van der Waals surface area contributed by atoms with E-state index in [1.165, 1.54) is 16.4 Å². The molecule has 1 aromatic carbocycles. The molecule has 7 heteroatoms. The third-order valence-corrected chi connectivity index (χ3v) is 3.39. The second kappa shape index (κ2) is 6.62. The number of benzene rings is 1. The van der Waals surface area contributed by atoms with Crippen LogP contribution in [-0.4, -0.2) is 32.6 Å². The molecule has 0 spiro atoms. The molecule has 0 bridgehead atoms. The van der Waals surface area contributed by atoms with E-state index >= 15 is 0 Å².